The van der Waals surface area contributed by atoms with Crippen molar-refractivity contribution in [2.24, 2.45) is 0 Å². The average Bonchev–Trinajstić information content (AvgIpc) is 3.44. The van der Waals surface area contributed by atoms with Crippen LogP contribution in [0.1, 0.15) is 11.3 Å². The van der Waals surface area contributed by atoms with Gasteiger partial charge in [-0.25, -0.2) is 8.42 Å². The molecule has 0 atom stereocenters. The van der Waals surface area contributed by atoms with Crippen LogP contribution in [0, 0.1) is 0 Å². The molecule has 0 radical (unpaired) electrons. The Hall–Kier alpha value is -2.45. The molecule has 32 heavy (non-hydrogen) atoms. The standard InChI is InChI=1S/C25H26N2O3S2/c1-32(28,29)25-5-3-2-4-20(25)16-26-9-11-27(12-10-26)17-23-15-22-14-19(6-7-24(22)30-23)21-8-13-31-18-21/h2-8,13-15,18H,9-12,16-17H2,1H3. The summed E-state index contributed by atoms with van der Waals surface area (Å²) in [5.41, 5.74) is 4.26. The lowest BCUT2D eigenvalue weighted by Gasteiger charge is -2.34. The molecule has 0 unspecified atom stereocenters. The van der Waals surface area contributed by atoms with Gasteiger partial charge in [0.1, 0.15) is 11.3 Å². The molecule has 1 aliphatic heterocycles. The second-order valence-corrected chi connectivity index (χ2v) is 11.2. The quantitative estimate of drug-likeness (QED) is 0.405. The van der Waals surface area contributed by atoms with Gasteiger partial charge in [-0.2, -0.15) is 11.3 Å². The third-order valence-corrected chi connectivity index (χ3v) is 7.91. The Labute approximate surface area is 192 Å². The molecule has 1 aliphatic rings. The van der Waals surface area contributed by atoms with Crippen LogP contribution < -0.4 is 0 Å². The van der Waals surface area contributed by atoms with Gasteiger partial charge < -0.3 is 4.42 Å². The maximum absolute atomic E-state index is 12.1. The molecule has 0 amide bonds. The van der Waals surface area contributed by atoms with E-state index in [-0.39, 0.29) is 0 Å². The molecule has 1 saturated heterocycles. The summed E-state index contributed by atoms with van der Waals surface area (Å²) in [7, 11) is -3.22. The van der Waals surface area contributed by atoms with Crippen molar-refractivity contribution in [3.8, 4) is 11.1 Å². The lowest BCUT2D eigenvalue weighted by Crippen LogP contribution is -2.45. The predicted octanol–water partition coefficient (Wildman–Crippen LogP) is 4.88. The minimum atomic E-state index is -3.22. The highest BCUT2D eigenvalue weighted by atomic mass is 32.2. The van der Waals surface area contributed by atoms with Gasteiger partial charge in [0.2, 0.25) is 0 Å². The van der Waals surface area contributed by atoms with Crippen LogP contribution in [0.3, 0.4) is 0 Å². The summed E-state index contributed by atoms with van der Waals surface area (Å²) in [5.74, 6) is 0.985. The van der Waals surface area contributed by atoms with Gasteiger partial charge in [0.15, 0.2) is 9.84 Å². The molecule has 0 aliphatic carbocycles. The third kappa shape index (κ3) is 4.66. The Morgan fingerprint density at radius 1 is 0.906 bits per heavy atom. The van der Waals surface area contributed by atoms with Crippen LogP contribution in [0.4, 0.5) is 0 Å². The van der Waals surface area contributed by atoms with E-state index in [0.717, 1.165) is 55.0 Å². The molecule has 0 N–H and O–H groups in total. The van der Waals surface area contributed by atoms with E-state index in [1.807, 2.05) is 12.1 Å². The lowest BCUT2D eigenvalue weighted by molar-refractivity contribution is 0.116. The second-order valence-electron chi connectivity index (χ2n) is 8.41. The van der Waals surface area contributed by atoms with Crippen molar-refractivity contribution in [3.63, 3.8) is 0 Å². The zero-order valence-corrected chi connectivity index (χ0v) is 19.7. The van der Waals surface area contributed by atoms with E-state index in [4.69, 9.17) is 4.42 Å². The largest absolute Gasteiger partial charge is 0.460 e. The SMILES string of the molecule is CS(=O)(=O)c1ccccc1CN1CCN(Cc2cc3cc(-c4ccsc4)ccc3o2)CC1. The number of rotatable bonds is 6. The van der Waals surface area contributed by atoms with Gasteiger partial charge in [0.25, 0.3) is 0 Å². The molecule has 2 aromatic heterocycles. The molecule has 1 fully saturated rings. The highest BCUT2D eigenvalue weighted by molar-refractivity contribution is 7.90. The molecule has 5 rings (SSSR count). The van der Waals surface area contributed by atoms with Gasteiger partial charge in [-0.3, -0.25) is 9.80 Å². The number of benzene rings is 2. The molecule has 0 saturated carbocycles. The molecule has 3 heterocycles. The molecule has 0 spiro atoms. The number of hydrogen-bond acceptors (Lipinski definition) is 6. The van der Waals surface area contributed by atoms with E-state index in [2.05, 4.69) is 50.9 Å². The molecular weight excluding hydrogens is 440 g/mol. The first kappa shape index (κ1) is 21.4. The van der Waals surface area contributed by atoms with Gasteiger partial charge in [0.05, 0.1) is 11.4 Å². The Morgan fingerprint density at radius 3 is 2.38 bits per heavy atom. The average molecular weight is 467 g/mol. The molecule has 7 heteroatoms. The van der Waals surface area contributed by atoms with E-state index >= 15 is 0 Å². The first-order valence-electron chi connectivity index (χ1n) is 10.7. The molecular formula is C25H26N2O3S2. The van der Waals surface area contributed by atoms with Gasteiger partial charge in [-0.1, -0.05) is 24.3 Å². The molecule has 166 valence electrons. The van der Waals surface area contributed by atoms with E-state index in [9.17, 15) is 8.42 Å². The van der Waals surface area contributed by atoms with Crippen LogP contribution in [0.2, 0.25) is 0 Å². The molecule has 0 bridgehead atoms. The van der Waals surface area contributed by atoms with Crippen LogP contribution in [-0.4, -0.2) is 50.7 Å². The molecule has 4 aromatic rings. The van der Waals surface area contributed by atoms with E-state index in [1.54, 1.807) is 23.5 Å². The smallest absolute Gasteiger partial charge is 0.175 e. The van der Waals surface area contributed by atoms with Gasteiger partial charge in [0, 0.05) is 44.4 Å². The topological polar surface area (TPSA) is 53.8 Å². The van der Waals surface area contributed by atoms with Crippen LogP contribution in [0.15, 0.2) is 74.7 Å². The maximum Gasteiger partial charge on any atom is 0.175 e. The monoisotopic (exact) mass is 466 g/mol. The van der Waals surface area contributed by atoms with E-state index in [1.165, 1.54) is 17.4 Å². The predicted molar refractivity (Wildman–Crippen MR) is 130 cm³/mol. The fourth-order valence-electron chi connectivity index (χ4n) is 4.35. The number of fused-ring (bicyclic) bond motifs is 1. The highest BCUT2D eigenvalue weighted by Crippen LogP contribution is 2.28. The van der Waals surface area contributed by atoms with Crippen molar-refractivity contribution in [1.29, 1.82) is 0 Å². The Morgan fingerprint density at radius 2 is 1.66 bits per heavy atom. The summed E-state index contributed by atoms with van der Waals surface area (Å²) in [6, 6.07) is 18.0. The zero-order valence-electron chi connectivity index (χ0n) is 18.0. The second kappa shape index (κ2) is 8.83. The third-order valence-electron chi connectivity index (χ3n) is 6.03. The number of sulfone groups is 1. The fourth-order valence-corrected chi connectivity index (χ4v) is 5.95. The summed E-state index contributed by atoms with van der Waals surface area (Å²) < 4.78 is 30.3. The number of nitrogens with zero attached hydrogens (tertiary/aromatic N) is 2. The van der Waals surface area contributed by atoms with Gasteiger partial charge in [-0.05, 0) is 57.8 Å². The zero-order chi connectivity index (χ0) is 22.1. The number of thiophene rings is 1. The van der Waals surface area contributed by atoms with Gasteiger partial charge >= 0.3 is 0 Å². The van der Waals surface area contributed by atoms with E-state index < -0.39 is 9.84 Å². The van der Waals surface area contributed by atoms with Crippen LogP contribution in [-0.2, 0) is 22.9 Å². The maximum atomic E-state index is 12.1. The minimum absolute atomic E-state index is 0.437. The van der Waals surface area contributed by atoms with Crippen LogP contribution >= 0.6 is 11.3 Å². The summed E-state index contributed by atoms with van der Waals surface area (Å²) in [5, 5.41) is 5.40. The normalized spacial score (nSPS) is 16.0. The fraction of sp³-hybridized carbons (Fsp3) is 0.280. The number of piperazine rings is 1. The minimum Gasteiger partial charge on any atom is -0.460 e. The summed E-state index contributed by atoms with van der Waals surface area (Å²) in [4.78, 5) is 5.16. The van der Waals surface area contributed by atoms with E-state index in [0.29, 0.717) is 11.4 Å². The van der Waals surface area contributed by atoms with Crippen molar-refractivity contribution in [2.75, 3.05) is 32.4 Å². The first-order chi connectivity index (χ1) is 15.5. The van der Waals surface area contributed by atoms with Crippen molar-refractivity contribution in [1.82, 2.24) is 9.80 Å². The highest BCUT2D eigenvalue weighted by Gasteiger charge is 2.21. The Bertz CT molecular complexity index is 1320. The Balaban J connectivity index is 1.22. The van der Waals surface area contributed by atoms with Crippen molar-refractivity contribution in [2.45, 2.75) is 18.0 Å². The summed E-state index contributed by atoms with van der Waals surface area (Å²) >= 11 is 1.71. The van der Waals surface area contributed by atoms with Gasteiger partial charge in [-0.15, -0.1) is 0 Å². The molecule has 2 aromatic carbocycles. The van der Waals surface area contributed by atoms with Crippen molar-refractivity contribution < 1.29 is 12.8 Å². The van der Waals surface area contributed by atoms with Crippen molar-refractivity contribution in [3.05, 3.63) is 76.7 Å². The summed E-state index contributed by atoms with van der Waals surface area (Å²) in [6.45, 7) is 5.11. The molecule has 5 nitrogen and oxygen atoms in total. The summed E-state index contributed by atoms with van der Waals surface area (Å²) in [6.07, 6.45) is 1.28. The first-order valence-corrected chi connectivity index (χ1v) is 13.6. The van der Waals surface area contributed by atoms with Crippen LogP contribution in [0.5, 0.6) is 0 Å². The lowest BCUT2D eigenvalue weighted by atomic mass is 10.1. The number of furan rings is 1. The number of hydrogen-bond donors (Lipinski definition) is 0. The van der Waals surface area contributed by atoms with Crippen LogP contribution in [0.25, 0.3) is 22.1 Å². The van der Waals surface area contributed by atoms with Crippen molar-refractivity contribution >= 4 is 32.1 Å². The Kier molecular flexibility index (Phi) is 5.90.